The van der Waals surface area contributed by atoms with E-state index >= 15 is 0 Å². The number of likely N-dealkylation sites (tertiary alicyclic amines) is 1. The maximum Gasteiger partial charge on any atom is 0.177 e. The molecular formula is C16H24N2O2S. The molecule has 3 rings (SSSR count). The van der Waals surface area contributed by atoms with Crippen LogP contribution in [-0.4, -0.2) is 44.7 Å². The number of rotatable bonds is 4. The van der Waals surface area contributed by atoms with E-state index in [0.717, 1.165) is 31.2 Å². The van der Waals surface area contributed by atoms with Gasteiger partial charge in [0.15, 0.2) is 9.84 Å². The molecule has 1 saturated heterocycles. The fourth-order valence-electron chi connectivity index (χ4n) is 3.64. The monoisotopic (exact) mass is 308 g/mol. The molecule has 2 aliphatic rings. The number of nitrogens with one attached hydrogen (secondary N) is 1. The molecule has 1 aromatic rings. The van der Waals surface area contributed by atoms with Gasteiger partial charge < -0.3 is 5.32 Å². The summed E-state index contributed by atoms with van der Waals surface area (Å²) < 4.78 is 23.7. The Balaban J connectivity index is 1.68. The van der Waals surface area contributed by atoms with Crippen molar-refractivity contribution in [2.24, 2.45) is 0 Å². The highest BCUT2D eigenvalue weighted by Gasteiger charge is 2.30. The molecule has 1 N–H and O–H groups in total. The highest BCUT2D eigenvalue weighted by Crippen LogP contribution is 2.28. The lowest BCUT2D eigenvalue weighted by atomic mass is 10.2. The molecule has 0 aromatic heterocycles. The largest absolute Gasteiger partial charge is 0.380 e. The number of sulfone groups is 1. The highest BCUT2D eigenvalue weighted by molar-refractivity contribution is 7.90. The van der Waals surface area contributed by atoms with Gasteiger partial charge >= 0.3 is 0 Å². The van der Waals surface area contributed by atoms with Gasteiger partial charge in [0.05, 0.1) is 10.6 Å². The number of hydrogen-bond acceptors (Lipinski definition) is 4. The second kappa shape index (κ2) is 5.97. The zero-order chi connectivity index (χ0) is 14.9. The third-order valence-electron chi connectivity index (χ3n) is 4.71. The van der Waals surface area contributed by atoms with E-state index in [0.29, 0.717) is 10.9 Å². The van der Waals surface area contributed by atoms with Crippen molar-refractivity contribution in [2.45, 2.75) is 49.1 Å². The second-order valence-electron chi connectivity index (χ2n) is 6.33. The molecule has 1 unspecified atom stereocenters. The molecule has 116 valence electrons. The van der Waals surface area contributed by atoms with Crippen molar-refractivity contribution in [2.75, 3.05) is 24.7 Å². The Kier molecular flexibility index (Phi) is 4.22. The van der Waals surface area contributed by atoms with Crippen LogP contribution in [0.5, 0.6) is 0 Å². The van der Waals surface area contributed by atoms with Crippen molar-refractivity contribution in [1.29, 1.82) is 0 Å². The molecule has 1 heterocycles. The van der Waals surface area contributed by atoms with E-state index in [2.05, 4.69) is 10.2 Å². The minimum absolute atomic E-state index is 0.355. The first-order valence-electron chi connectivity index (χ1n) is 7.84. The Morgan fingerprint density at radius 3 is 2.57 bits per heavy atom. The molecule has 5 heteroatoms. The molecule has 0 amide bonds. The highest BCUT2D eigenvalue weighted by atomic mass is 32.2. The van der Waals surface area contributed by atoms with Crippen LogP contribution in [0, 0.1) is 0 Å². The van der Waals surface area contributed by atoms with Crippen LogP contribution >= 0.6 is 0 Å². The van der Waals surface area contributed by atoms with Gasteiger partial charge in [-0.2, -0.15) is 0 Å². The van der Waals surface area contributed by atoms with Crippen LogP contribution in [0.1, 0.15) is 32.1 Å². The van der Waals surface area contributed by atoms with Crippen molar-refractivity contribution >= 4 is 15.5 Å². The van der Waals surface area contributed by atoms with Gasteiger partial charge in [0.2, 0.25) is 0 Å². The van der Waals surface area contributed by atoms with Crippen LogP contribution in [0.3, 0.4) is 0 Å². The fraction of sp³-hybridized carbons (Fsp3) is 0.625. The molecule has 21 heavy (non-hydrogen) atoms. The first-order chi connectivity index (χ1) is 10.0. The molecule has 1 aliphatic heterocycles. The van der Waals surface area contributed by atoms with Gasteiger partial charge in [-0.05, 0) is 31.4 Å². The third kappa shape index (κ3) is 3.40. The van der Waals surface area contributed by atoms with Gasteiger partial charge in [0.1, 0.15) is 0 Å². The quantitative estimate of drug-likeness (QED) is 0.928. The fourth-order valence-corrected chi connectivity index (χ4v) is 4.49. The smallest absolute Gasteiger partial charge is 0.177 e. The van der Waals surface area contributed by atoms with E-state index in [1.807, 2.05) is 12.1 Å². The molecule has 1 atom stereocenters. The van der Waals surface area contributed by atoms with Crippen LogP contribution < -0.4 is 5.32 Å². The van der Waals surface area contributed by atoms with Crippen LogP contribution in [0.2, 0.25) is 0 Å². The number of hydrogen-bond donors (Lipinski definition) is 1. The number of nitrogens with zero attached hydrogens (tertiary/aromatic N) is 1. The lowest BCUT2D eigenvalue weighted by Crippen LogP contribution is -2.33. The van der Waals surface area contributed by atoms with Gasteiger partial charge in [0.25, 0.3) is 0 Å². The normalized spacial score (nSPS) is 24.5. The lowest BCUT2D eigenvalue weighted by molar-refractivity contribution is 0.245. The molecule has 0 spiro atoms. The summed E-state index contributed by atoms with van der Waals surface area (Å²) >= 11 is 0. The minimum atomic E-state index is -3.18. The Labute approximate surface area is 127 Å². The molecule has 2 fully saturated rings. The lowest BCUT2D eigenvalue weighted by Gasteiger charge is -2.24. The molecule has 1 saturated carbocycles. The summed E-state index contributed by atoms with van der Waals surface area (Å²) in [5, 5.41) is 3.45. The van der Waals surface area contributed by atoms with E-state index in [1.165, 1.54) is 31.9 Å². The van der Waals surface area contributed by atoms with Crippen LogP contribution in [0.4, 0.5) is 5.69 Å². The number of anilines is 1. The molecule has 4 nitrogen and oxygen atoms in total. The van der Waals surface area contributed by atoms with Gasteiger partial charge in [-0.15, -0.1) is 0 Å². The predicted molar refractivity (Wildman–Crippen MR) is 85.4 cm³/mol. The van der Waals surface area contributed by atoms with Crippen LogP contribution in [0.15, 0.2) is 29.2 Å². The first kappa shape index (κ1) is 14.9. The van der Waals surface area contributed by atoms with Crippen molar-refractivity contribution in [3.8, 4) is 0 Å². The average molecular weight is 308 g/mol. The van der Waals surface area contributed by atoms with Crippen LogP contribution in [0.25, 0.3) is 0 Å². The SMILES string of the molecule is CS(=O)(=O)c1ccccc1NC1CCN(C2CCCC2)C1. The molecule has 1 aliphatic carbocycles. The standard InChI is InChI=1S/C16H24N2O2S/c1-21(19,20)16-9-5-4-8-15(16)17-13-10-11-18(12-13)14-6-2-3-7-14/h4-5,8-9,13-14,17H,2-3,6-7,10-12H2,1H3. The average Bonchev–Trinajstić information content (AvgIpc) is 3.08. The Hall–Kier alpha value is -1.07. The summed E-state index contributed by atoms with van der Waals surface area (Å²) in [4.78, 5) is 2.98. The molecular weight excluding hydrogens is 284 g/mol. The summed E-state index contributed by atoms with van der Waals surface area (Å²) in [5.74, 6) is 0. The van der Waals surface area contributed by atoms with Gasteiger partial charge in [-0.3, -0.25) is 4.90 Å². The Morgan fingerprint density at radius 2 is 1.86 bits per heavy atom. The second-order valence-corrected chi connectivity index (χ2v) is 8.32. The van der Waals surface area contributed by atoms with Gasteiger partial charge in [-0.25, -0.2) is 8.42 Å². The Bertz CT molecular complexity index is 594. The van der Waals surface area contributed by atoms with Crippen molar-refractivity contribution < 1.29 is 8.42 Å². The maximum absolute atomic E-state index is 11.9. The summed E-state index contributed by atoms with van der Waals surface area (Å²) in [7, 11) is -3.18. The molecule has 0 radical (unpaired) electrons. The third-order valence-corrected chi connectivity index (χ3v) is 5.86. The van der Waals surface area contributed by atoms with E-state index in [9.17, 15) is 8.42 Å². The number of benzene rings is 1. The van der Waals surface area contributed by atoms with E-state index in [-0.39, 0.29) is 0 Å². The van der Waals surface area contributed by atoms with Gasteiger partial charge in [-0.1, -0.05) is 25.0 Å². The van der Waals surface area contributed by atoms with Crippen molar-refractivity contribution in [3.05, 3.63) is 24.3 Å². The summed E-state index contributed by atoms with van der Waals surface area (Å²) in [6.45, 7) is 2.16. The topological polar surface area (TPSA) is 49.4 Å². The van der Waals surface area contributed by atoms with E-state index in [1.54, 1.807) is 12.1 Å². The first-order valence-corrected chi connectivity index (χ1v) is 9.73. The van der Waals surface area contributed by atoms with Gasteiger partial charge in [0, 0.05) is 31.4 Å². The molecule has 1 aromatic carbocycles. The summed E-state index contributed by atoms with van der Waals surface area (Å²) in [6.07, 6.45) is 7.73. The summed E-state index contributed by atoms with van der Waals surface area (Å²) in [5.41, 5.74) is 0.748. The Morgan fingerprint density at radius 1 is 1.14 bits per heavy atom. The zero-order valence-corrected chi connectivity index (χ0v) is 13.4. The van der Waals surface area contributed by atoms with Crippen molar-refractivity contribution in [3.63, 3.8) is 0 Å². The van der Waals surface area contributed by atoms with Crippen LogP contribution in [-0.2, 0) is 9.84 Å². The minimum Gasteiger partial charge on any atom is -0.380 e. The van der Waals surface area contributed by atoms with E-state index < -0.39 is 9.84 Å². The molecule has 0 bridgehead atoms. The maximum atomic E-state index is 11.9. The van der Waals surface area contributed by atoms with Crippen molar-refractivity contribution in [1.82, 2.24) is 4.90 Å². The predicted octanol–water partition coefficient (Wildman–Crippen LogP) is 2.52. The summed E-state index contributed by atoms with van der Waals surface area (Å²) in [6, 6.07) is 8.33. The number of para-hydroxylation sites is 1. The zero-order valence-electron chi connectivity index (χ0n) is 12.6. The van der Waals surface area contributed by atoms with E-state index in [4.69, 9.17) is 0 Å².